The van der Waals surface area contributed by atoms with Gasteiger partial charge < -0.3 is 15.7 Å². The Morgan fingerprint density at radius 1 is 1.17 bits per heavy atom. The lowest BCUT2D eigenvalue weighted by Crippen LogP contribution is -2.34. The van der Waals surface area contributed by atoms with Crippen LogP contribution in [0.5, 0.6) is 0 Å². The molecule has 6 heteroatoms. The molecule has 0 aliphatic carbocycles. The van der Waals surface area contributed by atoms with E-state index in [0.29, 0.717) is 30.6 Å². The van der Waals surface area contributed by atoms with Crippen LogP contribution in [0, 0.1) is 5.41 Å². The van der Waals surface area contributed by atoms with Crippen LogP contribution in [0.4, 0.5) is 5.69 Å². The normalized spacial score (nSPS) is 10.8. The molecule has 3 N–H and O–H groups in total. The smallest absolute Gasteiger partial charge is 0.310 e. The van der Waals surface area contributed by atoms with Crippen LogP contribution in [-0.4, -0.2) is 29.4 Å². The average molecular weight is 332 g/mol. The van der Waals surface area contributed by atoms with E-state index >= 15 is 0 Å². The molecule has 0 saturated carbocycles. The fourth-order valence-corrected chi connectivity index (χ4v) is 2.36. The molecule has 1 aromatic carbocycles. The highest BCUT2D eigenvalue weighted by Crippen LogP contribution is 2.31. The van der Waals surface area contributed by atoms with Gasteiger partial charge in [0.05, 0.1) is 5.41 Å². The Bertz CT molecular complexity index is 604. The second-order valence-corrected chi connectivity index (χ2v) is 5.59. The van der Waals surface area contributed by atoms with Crippen LogP contribution in [0.25, 0.3) is 0 Å². The minimum Gasteiger partial charge on any atom is -0.481 e. The molecule has 0 aliphatic rings. The van der Waals surface area contributed by atoms with Crippen molar-refractivity contribution in [1.82, 2.24) is 5.32 Å². The molecule has 0 saturated heterocycles. The van der Waals surface area contributed by atoms with Crippen molar-refractivity contribution in [2.24, 2.45) is 5.41 Å². The van der Waals surface area contributed by atoms with E-state index in [1.165, 1.54) is 0 Å². The highest BCUT2D eigenvalue weighted by molar-refractivity contribution is 5.96. The fraction of sp³-hybridized carbons (Fsp3) is 0.389. The van der Waals surface area contributed by atoms with Crippen LogP contribution in [0.15, 0.2) is 36.9 Å². The van der Waals surface area contributed by atoms with Gasteiger partial charge in [-0.05, 0) is 37.1 Å². The number of rotatable bonds is 9. The van der Waals surface area contributed by atoms with Crippen LogP contribution in [0.2, 0.25) is 0 Å². The third-order valence-electron chi connectivity index (χ3n) is 4.14. The molecule has 1 rings (SSSR count). The van der Waals surface area contributed by atoms with Gasteiger partial charge in [0.2, 0.25) is 5.91 Å². The highest BCUT2D eigenvalue weighted by atomic mass is 16.4. The quantitative estimate of drug-likeness (QED) is 0.606. The molecule has 6 nitrogen and oxygen atoms in total. The molecule has 0 spiro atoms. The number of hydrogen-bond donors (Lipinski definition) is 3. The van der Waals surface area contributed by atoms with Gasteiger partial charge in [0.25, 0.3) is 5.91 Å². The molecule has 0 heterocycles. The summed E-state index contributed by atoms with van der Waals surface area (Å²) < 4.78 is 0. The van der Waals surface area contributed by atoms with Gasteiger partial charge in [0.1, 0.15) is 0 Å². The Labute approximate surface area is 141 Å². The first-order valence-electron chi connectivity index (χ1n) is 7.91. The molecule has 0 radical (unpaired) electrons. The van der Waals surface area contributed by atoms with E-state index in [2.05, 4.69) is 17.2 Å². The van der Waals surface area contributed by atoms with Crippen LogP contribution >= 0.6 is 0 Å². The first kappa shape index (κ1) is 19.4. The molecule has 130 valence electrons. The number of nitrogens with one attached hydrogen (secondary N) is 2. The maximum atomic E-state index is 12.1. The van der Waals surface area contributed by atoms with Gasteiger partial charge in [0.15, 0.2) is 0 Å². The summed E-state index contributed by atoms with van der Waals surface area (Å²) in [5, 5.41) is 14.7. The van der Waals surface area contributed by atoms with E-state index in [9.17, 15) is 19.5 Å². The molecule has 24 heavy (non-hydrogen) atoms. The van der Waals surface area contributed by atoms with E-state index in [4.69, 9.17) is 0 Å². The highest BCUT2D eigenvalue weighted by Gasteiger charge is 2.37. The van der Waals surface area contributed by atoms with Gasteiger partial charge in [-0.2, -0.15) is 0 Å². The number of carbonyl (C=O) groups is 3. The third kappa shape index (κ3) is 4.94. The summed E-state index contributed by atoms with van der Waals surface area (Å²) in [7, 11) is 0. The zero-order valence-corrected chi connectivity index (χ0v) is 14.1. The first-order valence-corrected chi connectivity index (χ1v) is 7.91. The summed E-state index contributed by atoms with van der Waals surface area (Å²) in [4.78, 5) is 35.4. The number of carboxylic acid groups (broad SMARTS) is 1. The Morgan fingerprint density at radius 2 is 1.75 bits per heavy atom. The fourth-order valence-electron chi connectivity index (χ4n) is 2.36. The van der Waals surface area contributed by atoms with Crippen molar-refractivity contribution < 1.29 is 19.5 Å². The Morgan fingerprint density at radius 3 is 2.21 bits per heavy atom. The van der Waals surface area contributed by atoms with Crippen molar-refractivity contribution in [3.63, 3.8) is 0 Å². The van der Waals surface area contributed by atoms with E-state index in [0.717, 1.165) is 0 Å². The minimum absolute atomic E-state index is 0.0864. The predicted octanol–water partition coefficient (Wildman–Crippen LogP) is 2.82. The Kier molecular flexibility index (Phi) is 7.17. The van der Waals surface area contributed by atoms with Crippen molar-refractivity contribution in [2.45, 2.75) is 33.1 Å². The van der Waals surface area contributed by atoms with Crippen molar-refractivity contribution in [3.05, 3.63) is 42.5 Å². The largest absolute Gasteiger partial charge is 0.481 e. The summed E-state index contributed by atoms with van der Waals surface area (Å²) in [6.07, 6.45) is 2.27. The summed E-state index contributed by atoms with van der Waals surface area (Å²) in [5.74, 6) is -1.54. The maximum absolute atomic E-state index is 12.1. The van der Waals surface area contributed by atoms with Crippen LogP contribution in [0.3, 0.4) is 0 Å². The number of amides is 2. The molecule has 0 bridgehead atoms. The number of benzene rings is 1. The van der Waals surface area contributed by atoms with Gasteiger partial charge >= 0.3 is 5.97 Å². The number of carbonyl (C=O) groups excluding carboxylic acids is 2. The topological polar surface area (TPSA) is 95.5 Å². The Hall–Kier alpha value is -2.63. The molecular weight excluding hydrogens is 308 g/mol. The zero-order chi connectivity index (χ0) is 18.2. The van der Waals surface area contributed by atoms with Gasteiger partial charge in [-0.25, -0.2) is 0 Å². The summed E-state index contributed by atoms with van der Waals surface area (Å²) in [6.45, 7) is 7.43. The lowest BCUT2D eigenvalue weighted by Gasteiger charge is -2.25. The predicted molar refractivity (Wildman–Crippen MR) is 92.9 cm³/mol. The lowest BCUT2D eigenvalue weighted by molar-refractivity contribution is -0.151. The van der Waals surface area contributed by atoms with E-state index in [1.54, 1.807) is 44.2 Å². The molecule has 0 atom stereocenters. The monoisotopic (exact) mass is 332 g/mol. The summed E-state index contributed by atoms with van der Waals surface area (Å²) in [6, 6.07) is 6.42. The van der Waals surface area contributed by atoms with Gasteiger partial charge in [0, 0.05) is 24.2 Å². The average Bonchev–Trinajstić information content (AvgIpc) is 2.58. The van der Waals surface area contributed by atoms with Crippen molar-refractivity contribution >= 4 is 23.5 Å². The minimum atomic E-state index is -1.05. The second kappa shape index (κ2) is 8.86. The Balaban J connectivity index is 2.72. The molecular formula is C18H24N2O4. The molecule has 2 amide bonds. The van der Waals surface area contributed by atoms with Crippen molar-refractivity contribution in [3.8, 4) is 0 Å². The van der Waals surface area contributed by atoms with E-state index in [-0.39, 0.29) is 18.2 Å². The van der Waals surface area contributed by atoms with Gasteiger partial charge in [-0.15, -0.1) is 6.58 Å². The molecule has 0 fully saturated rings. The van der Waals surface area contributed by atoms with Gasteiger partial charge in [-0.3, -0.25) is 14.4 Å². The first-order chi connectivity index (χ1) is 11.4. The zero-order valence-electron chi connectivity index (χ0n) is 14.1. The standard InChI is InChI=1S/C18H24N2O4/c1-4-11-19-16(22)13-7-9-14(10-8-13)20-15(21)12-18(5-2,6-3)17(23)24/h4,7-10H,1,5-6,11-12H2,2-3H3,(H,19,22)(H,20,21)(H,23,24). The van der Waals surface area contributed by atoms with Crippen LogP contribution in [-0.2, 0) is 9.59 Å². The second-order valence-electron chi connectivity index (χ2n) is 5.59. The van der Waals surface area contributed by atoms with E-state index in [1.807, 2.05) is 0 Å². The molecule has 0 unspecified atom stereocenters. The lowest BCUT2D eigenvalue weighted by atomic mass is 9.79. The van der Waals surface area contributed by atoms with E-state index < -0.39 is 11.4 Å². The van der Waals surface area contributed by atoms with Crippen molar-refractivity contribution in [2.75, 3.05) is 11.9 Å². The summed E-state index contributed by atoms with van der Waals surface area (Å²) >= 11 is 0. The van der Waals surface area contributed by atoms with Crippen LogP contribution in [0.1, 0.15) is 43.5 Å². The number of hydrogen-bond acceptors (Lipinski definition) is 3. The maximum Gasteiger partial charge on any atom is 0.310 e. The molecule has 1 aromatic rings. The SMILES string of the molecule is C=CCNC(=O)c1ccc(NC(=O)CC(CC)(CC)C(=O)O)cc1. The van der Waals surface area contributed by atoms with Crippen molar-refractivity contribution in [1.29, 1.82) is 0 Å². The van der Waals surface area contributed by atoms with Crippen LogP contribution < -0.4 is 10.6 Å². The summed E-state index contributed by atoms with van der Waals surface area (Å²) in [5.41, 5.74) is -0.0576. The van der Waals surface area contributed by atoms with Gasteiger partial charge in [-0.1, -0.05) is 19.9 Å². The third-order valence-corrected chi connectivity index (χ3v) is 4.14. The number of aliphatic carboxylic acids is 1. The number of carboxylic acids is 1. The number of anilines is 1. The molecule has 0 aliphatic heterocycles. The molecule has 0 aromatic heterocycles.